The third kappa shape index (κ3) is 5.73. The van der Waals surface area contributed by atoms with E-state index < -0.39 is 0 Å². The second-order valence-electron chi connectivity index (χ2n) is 9.92. The lowest BCUT2D eigenvalue weighted by atomic mass is 9.82. The number of nitriles is 1. The number of benzene rings is 3. The number of hydrogen-bond acceptors (Lipinski definition) is 4. The van der Waals surface area contributed by atoms with Gasteiger partial charge in [-0.1, -0.05) is 72.8 Å². The smallest absolute Gasteiger partial charge is 0.228 e. The van der Waals surface area contributed by atoms with Crippen LogP contribution in [0.3, 0.4) is 0 Å². The van der Waals surface area contributed by atoms with Crippen molar-refractivity contribution in [3.05, 3.63) is 107 Å². The van der Waals surface area contributed by atoms with Crippen molar-refractivity contribution in [2.45, 2.75) is 32.0 Å². The average molecular weight is 493 g/mol. The Morgan fingerprint density at radius 3 is 2.08 bits per heavy atom. The Balaban J connectivity index is 1.30. The highest BCUT2D eigenvalue weighted by atomic mass is 16.2. The third-order valence-electron chi connectivity index (χ3n) is 7.53. The van der Waals surface area contributed by atoms with E-state index in [0.717, 1.165) is 30.8 Å². The first kappa shape index (κ1) is 24.7. The lowest BCUT2D eigenvalue weighted by Crippen LogP contribution is -2.53. The number of hydrogen-bond donors (Lipinski definition) is 0. The minimum atomic E-state index is -0.271. The standard InChI is InChI=1S/C31H32N4O2/c32-21-24-11-13-26(14-12-24)22-33-17-19-34(20-18-33)31(37)28-15-16-29(36)35(23-25-7-3-1-4-8-25)30(28)27-9-5-2-6-10-27/h1-14,28,30H,15-20,22-23H2/t28-,30+/m1/s1. The maximum atomic E-state index is 13.9. The monoisotopic (exact) mass is 492 g/mol. The van der Waals surface area contributed by atoms with Gasteiger partial charge in [-0.05, 0) is 35.2 Å². The second kappa shape index (κ2) is 11.4. The van der Waals surface area contributed by atoms with E-state index in [2.05, 4.69) is 11.0 Å². The Hall–Kier alpha value is -3.95. The number of carbonyl (C=O) groups is 2. The molecule has 5 rings (SSSR count). The number of likely N-dealkylation sites (tertiary alicyclic amines) is 1. The van der Waals surface area contributed by atoms with Crippen LogP contribution in [0.2, 0.25) is 0 Å². The van der Waals surface area contributed by atoms with Crippen LogP contribution in [0.4, 0.5) is 0 Å². The van der Waals surface area contributed by atoms with E-state index in [-0.39, 0.29) is 23.8 Å². The maximum Gasteiger partial charge on any atom is 0.228 e. The topological polar surface area (TPSA) is 67.6 Å². The van der Waals surface area contributed by atoms with Crippen LogP contribution in [0.15, 0.2) is 84.9 Å². The molecular formula is C31H32N4O2. The van der Waals surface area contributed by atoms with Gasteiger partial charge >= 0.3 is 0 Å². The number of piperazine rings is 1. The predicted octanol–water partition coefficient (Wildman–Crippen LogP) is 4.38. The Bertz CT molecular complexity index is 1250. The van der Waals surface area contributed by atoms with Crippen LogP contribution in [0, 0.1) is 17.2 Å². The molecule has 0 saturated carbocycles. The van der Waals surface area contributed by atoms with Crippen molar-refractivity contribution in [3.8, 4) is 6.07 Å². The molecule has 0 N–H and O–H groups in total. The van der Waals surface area contributed by atoms with Crippen LogP contribution in [-0.4, -0.2) is 52.7 Å². The summed E-state index contributed by atoms with van der Waals surface area (Å²) in [7, 11) is 0. The van der Waals surface area contributed by atoms with Crippen molar-refractivity contribution >= 4 is 11.8 Å². The van der Waals surface area contributed by atoms with Crippen LogP contribution in [0.5, 0.6) is 0 Å². The quantitative estimate of drug-likeness (QED) is 0.512. The molecule has 2 heterocycles. The number of piperidine rings is 1. The first-order chi connectivity index (χ1) is 18.1. The molecule has 0 aliphatic carbocycles. The molecule has 188 valence electrons. The van der Waals surface area contributed by atoms with E-state index in [1.54, 1.807) is 0 Å². The Morgan fingerprint density at radius 2 is 1.43 bits per heavy atom. The summed E-state index contributed by atoms with van der Waals surface area (Å²) < 4.78 is 0. The van der Waals surface area contributed by atoms with Gasteiger partial charge in [-0.3, -0.25) is 14.5 Å². The SMILES string of the molecule is N#Cc1ccc(CN2CCN(C(=O)[C@@H]3CCC(=O)N(Cc4ccccc4)[C@H]3c3ccccc3)CC2)cc1. The molecule has 0 spiro atoms. The van der Waals surface area contributed by atoms with E-state index in [1.807, 2.05) is 94.7 Å². The molecule has 2 fully saturated rings. The molecule has 0 aromatic heterocycles. The summed E-state index contributed by atoms with van der Waals surface area (Å²) in [5, 5.41) is 9.02. The highest BCUT2D eigenvalue weighted by molar-refractivity contribution is 5.85. The lowest BCUT2D eigenvalue weighted by molar-refractivity contribution is -0.149. The Kier molecular flexibility index (Phi) is 7.62. The summed E-state index contributed by atoms with van der Waals surface area (Å²) in [4.78, 5) is 33.3. The van der Waals surface area contributed by atoms with Crippen molar-refractivity contribution in [3.63, 3.8) is 0 Å². The minimum Gasteiger partial charge on any atom is -0.340 e. The van der Waals surface area contributed by atoms with Crippen molar-refractivity contribution in [2.24, 2.45) is 5.92 Å². The lowest BCUT2D eigenvalue weighted by Gasteiger charge is -2.44. The fourth-order valence-corrected chi connectivity index (χ4v) is 5.54. The summed E-state index contributed by atoms with van der Waals surface area (Å²) in [6, 6.07) is 29.6. The summed E-state index contributed by atoms with van der Waals surface area (Å²) in [5.41, 5.74) is 3.93. The molecule has 2 saturated heterocycles. The molecule has 0 bridgehead atoms. The zero-order valence-electron chi connectivity index (χ0n) is 21.0. The van der Waals surface area contributed by atoms with Gasteiger partial charge in [0.2, 0.25) is 11.8 Å². The molecule has 0 radical (unpaired) electrons. The van der Waals surface area contributed by atoms with Gasteiger partial charge in [0, 0.05) is 45.7 Å². The second-order valence-corrected chi connectivity index (χ2v) is 9.92. The Labute approximate surface area is 218 Å². The van der Waals surface area contributed by atoms with Gasteiger partial charge in [0.1, 0.15) is 0 Å². The average Bonchev–Trinajstić information content (AvgIpc) is 2.95. The molecule has 2 aliphatic heterocycles. The van der Waals surface area contributed by atoms with Crippen LogP contribution in [0.1, 0.15) is 41.1 Å². The zero-order valence-corrected chi connectivity index (χ0v) is 21.0. The fraction of sp³-hybridized carbons (Fsp3) is 0.323. The zero-order chi connectivity index (χ0) is 25.6. The molecule has 2 aliphatic rings. The molecule has 37 heavy (non-hydrogen) atoms. The molecule has 2 atom stereocenters. The van der Waals surface area contributed by atoms with E-state index in [1.165, 1.54) is 5.56 Å². The number of amides is 2. The van der Waals surface area contributed by atoms with Crippen molar-refractivity contribution in [1.29, 1.82) is 5.26 Å². The van der Waals surface area contributed by atoms with Gasteiger partial charge in [-0.2, -0.15) is 5.26 Å². The van der Waals surface area contributed by atoms with Crippen molar-refractivity contribution in [1.82, 2.24) is 14.7 Å². The van der Waals surface area contributed by atoms with Gasteiger partial charge in [-0.25, -0.2) is 0 Å². The third-order valence-corrected chi connectivity index (χ3v) is 7.53. The minimum absolute atomic E-state index is 0.106. The highest BCUT2D eigenvalue weighted by Crippen LogP contribution is 2.39. The molecule has 6 heteroatoms. The molecule has 2 amide bonds. The van der Waals surface area contributed by atoms with Gasteiger partial charge < -0.3 is 9.80 Å². The molecule has 3 aromatic rings. The van der Waals surface area contributed by atoms with Gasteiger partial charge in [0.05, 0.1) is 23.6 Å². The van der Waals surface area contributed by atoms with Crippen LogP contribution >= 0.6 is 0 Å². The van der Waals surface area contributed by atoms with Gasteiger partial charge in [0.15, 0.2) is 0 Å². The van der Waals surface area contributed by atoms with Crippen LogP contribution in [0.25, 0.3) is 0 Å². The normalized spacial score (nSPS) is 20.5. The van der Waals surface area contributed by atoms with Crippen LogP contribution in [-0.2, 0) is 22.7 Å². The summed E-state index contributed by atoms with van der Waals surface area (Å²) in [6.07, 6.45) is 0.971. The number of rotatable bonds is 6. The van der Waals surface area contributed by atoms with E-state index in [4.69, 9.17) is 5.26 Å². The first-order valence-corrected chi connectivity index (χ1v) is 13.0. The summed E-state index contributed by atoms with van der Waals surface area (Å²) >= 11 is 0. The van der Waals surface area contributed by atoms with E-state index in [0.29, 0.717) is 38.0 Å². The van der Waals surface area contributed by atoms with Gasteiger partial charge in [-0.15, -0.1) is 0 Å². The van der Waals surface area contributed by atoms with Gasteiger partial charge in [0.25, 0.3) is 0 Å². The fourth-order valence-electron chi connectivity index (χ4n) is 5.54. The summed E-state index contributed by atoms with van der Waals surface area (Å²) in [6.45, 7) is 4.28. The maximum absolute atomic E-state index is 13.9. The number of nitrogens with zero attached hydrogens (tertiary/aromatic N) is 4. The predicted molar refractivity (Wildman–Crippen MR) is 142 cm³/mol. The van der Waals surface area contributed by atoms with Crippen molar-refractivity contribution < 1.29 is 9.59 Å². The molecule has 3 aromatic carbocycles. The van der Waals surface area contributed by atoms with E-state index in [9.17, 15) is 9.59 Å². The summed E-state index contributed by atoms with van der Waals surface area (Å²) in [5.74, 6) is 0.000295. The molecule has 0 unspecified atom stereocenters. The Morgan fingerprint density at radius 1 is 0.811 bits per heavy atom. The molecule has 6 nitrogen and oxygen atoms in total. The first-order valence-electron chi connectivity index (χ1n) is 13.0. The number of carbonyl (C=O) groups excluding carboxylic acids is 2. The van der Waals surface area contributed by atoms with Crippen LogP contribution < -0.4 is 0 Å². The highest BCUT2D eigenvalue weighted by Gasteiger charge is 2.42. The largest absolute Gasteiger partial charge is 0.340 e. The molecular weight excluding hydrogens is 460 g/mol. The van der Waals surface area contributed by atoms with Crippen molar-refractivity contribution in [2.75, 3.05) is 26.2 Å². The van der Waals surface area contributed by atoms with E-state index >= 15 is 0 Å².